The predicted molar refractivity (Wildman–Crippen MR) is 117 cm³/mol. The molecule has 1 saturated heterocycles. The van der Waals surface area contributed by atoms with Gasteiger partial charge in [0.05, 0.1) is 6.54 Å². The van der Waals surface area contributed by atoms with Crippen LogP contribution in [-0.4, -0.2) is 55.5 Å². The molecule has 2 fully saturated rings. The van der Waals surface area contributed by atoms with E-state index in [-0.39, 0.29) is 42.2 Å². The van der Waals surface area contributed by atoms with Crippen LogP contribution in [0.1, 0.15) is 32.1 Å². The van der Waals surface area contributed by atoms with Crippen LogP contribution in [0.3, 0.4) is 0 Å². The Morgan fingerprint density at radius 2 is 2.07 bits per heavy atom. The molecule has 0 spiro atoms. The number of benzene rings is 1. The Kier molecular flexibility index (Phi) is 8.75. The van der Waals surface area contributed by atoms with Crippen LogP contribution in [0, 0.1) is 5.82 Å². The largest absolute Gasteiger partial charge is 0.352 e. The van der Waals surface area contributed by atoms with Gasteiger partial charge < -0.3 is 16.0 Å². The summed E-state index contributed by atoms with van der Waals surface area (Å²) in [5, 5.41) is 9.10. The number of hydrogen-bond acceptors (Lipinski definition) is 3. The number of hydrogen-bond donors (Lipinski definition) is 3. The van der Waals surface area contributed by atoms with E-state index in [0.717, 1.165) is 25.6 Å². The molecule has 1 atom stereocenters. The van der Waals surface area contributed by atoms with E-state index in [0.29, 0.717) is 17.7 Å². The van der Waals surface area contributed by atoms with Gasteiger partial charge in [0.1, 0.15) is 5.82 Å². The maximum Gasteiger partial charge on any atom is 0.243 e. The van der Waals surface area contributed by atoms with E-state index >= 15 is 0 Å². The van der Waals surface area contributed by atoms with E-state index < -0.39 is 0 Å². The number of likely N-dealkylation sites (tertiary alicyclic amines) is 1. The molecule has 1 saturated carbocycles. The lowest BCUT2D eigenvalue weighted by molar-refractivity contribution is -0.115. The van der Waals surface area contributed by atoms with Crippen LogP contribution in [0.2, 0.25) is 0 Å². The highest BCUT2D eigenvalue weighted by Gasteiger charge is 2.30. The first kappa shape index (κ1) is 21.9. The molecular formula is C19H29FIN5O. The maximum absolute atomic E-state index is 13.2. The highest BCUT2D eigenvalue weighted by molar-refractivity contribution is 14.0. The summed E-state index contributed by atoms with van der Waals surface area (Å²) in [4.78, 5) is 18.8. The van der Waals surface area contributed by atoms with Gasteiger partial charge in [-0.2, -0.15) is 0 Å². The first-order chi connectivity index (χ1) is 12.6. The fourth-order valence-electron chi connectivity index (χ4n) is 3.83. The second-order valence-electron chi connectivity index (χ2n) is 7.05. The zero-order valence-corrected chi connectivity index (χ0v) is 18.0. The third-order valence-electron chi connectivity index (χ3n) is 5.15. The third-order valence-corrected chi connectivity index (χ3v) is 5.15. The van der Waals surface area contributed by atoms with Crippen molar-refractivity contribution < 1.29 is 9.18 Å². The first-order valence-corrected chi connectivity index (χ1v) is 9.40. The molecule has 150 valence electrons. The van der Waals surface area contributed by atoms with Crippen LogP contribution < -0.4 is 16.0 Å². The van der Waals surface area contributed by atoms with Gasteiger partial charge in [0.2, 0.25) is 5.91 Å². The van der Waals surface area contributed by atoms with Crippen LogP contribution in [0.25, 0.3) is 0 Å². The Morgan fingerprint density at radius 3 is 2.78 bits per heavy atom. The summed E-state index contributed by atoms with van der Waals surface area (Å²) in [6.07, 6.45) is 6.43. The van der Waals surface area contributed by atoms with Crippen molar-refractivity contribution in [2.75, 3.05) is 32.0 Å². The van der Waals surface area contributed by atoms with Crippen molar-refractivity contribution in [1.29, 1.82) is 0 Å². The van der Waals surface area contributed by atoms with E-state index in [1.54, 1.807) is 19.2 Å². The number of rotatable bonds is 5. The highest BCUT2D eigenvalue weighted by atomic mass is 127. The molecule has 8 heteroatoms. The normalized spacial score (nSPS) is 21.0. The molecule has 1 unspecified atom stereocenters. The van der Waals surface area contributed by atoms with Crippen molar-refractivity contribution in [3.63, 3.8) is 0 Å². The number of carbonyl (C=O) groups excluding carboxylic acids is 1. The van der Waals surface area contributed by atoms with Gasteiger partial charge >= 0.3 is 0 Å². The molecule has 1 aliphatic heterocycles. The fraction of sp³-hybridized carbons (Fsp3) is 0.579. The lowest BCUT2D eigenvalue weighted by atomic mass is 10.2. The van der Waals surface area contributed by atoms with Gasteiger partial charge in [0.25, 0.3) is 0 Å². The Hall–Kier alpha value is -1.42. The van der Waals surface area contributed by atoms with Gasteiger partial charge in [0.15, 0.2) is 5.96 Å². The molecule has 3 N–H and O–H groups in total. The van der Waals surface area contributed by atoms with Crippen molar-refractivity contribution in [2.24, 2.45) is 4.99 Å². The number of nitrogens with zero attached hydrogens (tertiary/aromatic N) is 2. The molecule has 3 rings (SSSR count). The second-order valence-corrected chi connectivity index (χ2v) is 7.05. The molecular weight excluding hydrogens is 460 g/mol. The fourth-order valence-corrected chi connectivity index (χ4v) is 3.83. The van der Waals surface area contributed by atoms with Crippen molar-refractivity contribution in [3.05, 3.63) is 30.1 Å². The minimum absolute atomic E-state index is 0. The molecule has 0 radical (unpaired) electrons. The zero-order valence-electron chi connectivity index (χ0n) is 15.7. The number of guanidine groups is 1. The summed E-state index contributed by atoms with van der Waals surface area (Å²) >= 11 is 0. The summed E-state index contributed by atoms with van der Waals surface area (Å²) in [6, 6.07) is 6.96. The standard InChI is InChI=1S/C19H28FN5O.HI/c1-21-19(22-12-18(26)23-15-6-4-5-14(20)11-15)24-16-9-10-25(13-16)17-7-2-3-8-17;/h4-6,11,16-17H,2-3,7-10,12-13H2,1H3,(H,23,26)(H2,21,22,24);1H. The van der Waals surface area contributed by atoms with Crippen molar-refractivity contribution in [2.45, 2.75) is 44.2 Å². The summed E-state index contributed by atoms with van der Waals surface area (Å²) < 4.78 is 13.2. The van der Waals surface area contributed by atoms with Crippen molar-refractivity contribution >= 4 is 41.5 Å². The third kappa shape index (κ3) is 6.60. The van der Waals surface area contributed by atoms with Gasteiger partial charge in [-0.3, -0.25) is 14.7 Å². The second kappa shape index (κ2) is 10.8. The Bertz CT molecular complexity index is 651. The molecule has 1 aromatic rings. The van der Waals surface area contributed by atoms with Gasteiger partial charge in [-0.05, 0) is 37.5 Å². The SMILES string of the molecule is CN=C(NCC(=O)Nc1cccc(F)c1)NC1CCN(C2CCCC2)C1.I. The predicted octanol–water partition coefficient (Wildman–Crippen LogP) is 2.56. The molecule has 0 aromatic heterocycles. The van der Waals surface area contributed by atoms with E-state index in [1.807, 2.05) is 0 Å². The molecule has 1 aromatic carbocycles. The number of carbonyl (C=O) groups is 1. The van der Waals surface area contributed by atoms with Crippen LogP contribution in [0.15, 0.2) is 29.3 Å². The van der Waals surface area contributed by atoms with Crippen LogP contribution in [0.4, 0.5) is 10.1 Å². The Balaban J connectivity index is 0.00000261. The van der Waals surface area contributed by atoms with Gasteiger partial charge in [0, 0.05) is 37.9 Å². The van der Waals surface area contributed by atoms with Gasteiger partial charge in [-0.15, -0.1) is 24.0 Å². The number of nitrogens with one attached hydrogen (secondary N) is 3. The van der Waals surface area contributed by atoms with Crippen molar-refractivity contribution in [3.8, 4) is 0 Å². The molecule has 1 heterocycles. The molecule has 2 aliphatic rings. The van der Waals surface area contributed by atoms with Crippen LogP contribution in [0.5, 0.6) is 0 Å². The van der Waals surface area contributed by atoms with Crippen molar-refractivity contribution in [1.82, 2.24) is 15.5 Å². The summed E-state index contributed by atoms with van der Waals surface area (Å²) in [5.74, 6) is 0.0107. The lowest BCUT2D eigenvalue weighted by Crippen LogP contribution is -2.47. The Morgan fingerprint density at radius 1 is 1.30 bits per heavy atom. The van der Waals surface area contributed by atoms with E-state index in [4.69, 9.17) is 0 Å². The van der Waals surface area contributed by atoms with E-state index in [1.165, 1.54) is 37.8 Å². The van der Waals surface area contributed by atoms with Gasteiger partial charge in [-0.1, -0.05) is 18.9 Å². The van der Waals surface area contributed by atoms with Crippen LogP contribution in [-0.2, 0) is 4.79 Å². The molecule has 0 bridgehead atoms. The summed E-state index contributed by atoms with van der Waals surface area (Å²) in [5.41, 5.74) is 0.447. The molecule has 1 amide bonds. The number of halogens is 2. The number of amides is 1. The average Bonchev–Trinajstić information content (AvgIpc) is 3.30. The Labute approximate surface area is 177 Å². The molecule has 27 heavy (non-hydrogen) atoms. The maximum atomic E-state index is 13.2. The topological polar surface area (TPSA) is 68.8 Å². The van der Waals surface area contributed by atoms with E-state index in [2.05, 4.69) is 25.8 Å². The lowest BCUT2D eigenvalue weighted by Gasteiger charge is -2.24. The average molecular weight is 489 g/mol. The number of anilines is 1. The highest BCUT2D eigenvalue weighted by Crippen LogP contribution is 2.26. The monoisotopic (exact) mass is 489 g/mol. The number of aliphatic imine (C=N–C) groups is 1. The molecule has 1 aliphatic carbocycles. The van der Waals surface area contributed by atoms with E-state index in [9.17, 15) is 9.18 Å². The zero-order chi connectivity index (χ0) is 18.4. The first-order valence-electron chi connectivity index (χ1n) is 9.40. The molecule has 6 nitrogen and oxygen atoms in total. The van der Waals surface area contributed by atoms with Crippen LogP contribution >= 0.6 is 24.0 Å². The minimum atomic E-state index is -0.374. The summed E-state index contributed by atoms with van der Waals surface area (Å²) in [7, 11) is 1.70. The quantitative estimate of drug-likeness (QED) is 0.338. The summed E-state index contributed by atoms with van der Waals surface area (Å²) in [6.45, 7) is 2.23. The van der Waals surface area contributed by atoms with Gasteiger partial charge in [-0.25, -0.2) is 4.39 Å². The smallest absolute Gasteiger partial charge is 0.243 e. The minimum Gasteiger partial charge on any atom is -0.352 e.